The van der Waals surface area contributed by atoms with Gasteiger partial charge in [-0.3, -0.25) is 4.79 Å². The molecule has 0 fully saturated rings. The highest BCUT2D eigenvalue weighted by atomic mass is 35.5. The van der Waals surface area contributed by atoms with Gasteiger partial charge in [-0.15, -0.1) is 24.8 Å². The maximum atomic E-state index is 12.3. The van der Waals surface area contributed by atoms with Crippen molar-refractivity contribution >= 4 is 17.6 Å². The standard InChI is InChI=1S/C12H9ClF3NO3/c1-19-11(18)4-8-9(5-13)7(6-17)2-3-10(8)20-12(14,15)16/h2-3H,4-5H2,1H3. The molecule has 0 radical (unpaired) electrons. The largest absolute Gasteiger partial charge is 0.573 e. The number of carbonyl (C=O) groups is 1. The SMILES string of the molecule is COC(=O)Cc1c(OC(F)(F)F)ccc(C#N)c1CCl. The minimum atomic E-state index is -4.91. The highest BCUT2D eigenvalue weighted by molar-refractivity contribution is 6.17. The zero-order valence-corrected chi connectivity index (χ0v) is 11.0. The normalized spacial score (nSPS) is 10.8. The summed E-state index contributed by atoms with van der Waals surface area (Å²) in [5.74, 6) is -1.57. The second-order valence-electron chi connectivity index (χ2n) is 3.61. The van der Waals surface area contributed by atoms with Crippen LogP contribution in [0.15, 0.2) is 12.1 Å². The summed E-state index contributed by atoms with van der Waals surface area (Å²) in [4.78, 5) is 11.3. The van der Waals surface area contributed by atoms with E-state index in [0.29, 0.717) is 0 Å². The summed E-state index contributed by atoms with van der Waals surface area (Å²) in [6.45, 7) is 0. The Morgan fingerprint density at radius 3 is 2.50 bits per heavy atom. The smallest absolute Gasteiger partial charge is 0.469 e. The Kier molecular flexibility index (Phi) is 5.22. The number of methoxy groups -OCH3 is 1. The number of rotatable bonds is 4. The third-order valence-electron chi connectivity index (χ3n) is 2.42. The molecule has 0 spiro atoms. The first-order valence-electron chi connectivity index (χ1n) is 5.25. The molecule has 0 amide bonds. The summed E-state index contributed by atoms with van der Waals surface area (Å²) in [5.41, 5.74) is 0.0815. The molecule has 20 heavy (non-hydrogen) atoms. The predicted molar refractivity (Wildman–Crippen MR) is 63.1 cm³/mol. The van der Waals surface area contributed by atoms with Gasteiger partial charge in [0.15, 0.2) is 0 Å². The Hall–Kier alpha value is -1.94. The van der Waals surface area contributed by atoms with Gasteiger partial charge < -0.3 is 9.47 Å². The number of hydrogen-bond acceptors (Lipinski definition) is 4. The molecular formula is C12H9ClF3NO3. The van der Waals surface area contributed by atoms with Crippen molar-refractivity contribution in [3.8, 4) is 11.8 Å². The van der Waals surface area contributed by atoms with E-state index in [1.807, 2.05) is 0 Å². The van der Waals surface area contributed by atoms with E-state index in [1.165, 1.54) is 0 Å². The van der Waals surface area contributed by atoms with Crippen LogP contribution in [0.2, 0.25) is 0 Å². The molecule has 0 aromatic heterocycles. The van der Waals surface area contributed by atoms with Gasteiger partial charge in [-0.25, -0.2) is 0 Å². The van der Waals surface area contributed by atoms with Crippen LogP contribution in [0.25, 0.3) is 0 Å². The molecule has 8 heteroatoms. The van der Waals surface area contributed by atoms with E-state index < -0.39 is 24.5 Å². The second-order valence-corrected chi connectivity index (χ2v) is 3.88. The number of halogens is 4. The van der Waals surface area contributed by atoms with E-state index in [2.05, 4.69) is 9.47 Å². The molecule has 0 aliphatic carbocycles. The van der Waals surface area contributed by atoms with Crippen LogP contribution in [0.3, 0.4) is 0 Å². The Bertz CT molecular complexity index is 552. The maximum Gasteiger partial charge on any atom is 0.573 e. The number of benzene rings is 1. The van der Waals surface area contributed by atoms with Gasteiger partial charge in [-0.1, -0.05) is 0 Å². The number of ether oxygens (including phenoxy) is 2. The van der Waals surface area contributed by atoms with E-state index >= 15 is 0 Å². The van der Waals surface area contributed by atoms with E-state index in [4.69, 9.17) is 16.9 Å². The number of nitrogens with zero attached hydrogens (tertiary/aromatic N) is 1. The Balaban J connectivity index is 3.36. The number of hydrogen-bond donors (Lipinski definition) is 0. The summed E-state index contributed by atoms with van der Waals surface area (Å²) >= 11 is 5.65. The summed E-state index contributed by atoms with van der Waals surface area (Å²) in [6, 6.07) is 3.92. The van der Waals surface area contributed by atoms with Gasteiger partial charge in [0.05, 0.1) is 25.2 Å². The number of alkyl halides is 4. The first-order chi connectivity index (χ1) is 9.32. The third-order valence-corrected chi connectivity index (χ3v) is 2.68. The molecule has 0 atom stereocenters. The molecule has 0 aliphatic rings. The van der Waals surface area contributed by atoms with Crippen LogP contribution >= 0.6 is 11.6 Å². The summed E-state index contributed by atoms with van der Waals surface area (Å²) < 4.78 is 45.2. The average Bonchev–Trinajstić information content (AvgIpc) is 2.38. The van der Waals surface area contributed by atoms with Gasteiger partial charge in [-0.05, 0) is 17.7 Å². The zero-order valence-electron chi connectivity index (χ0n) is 10.3. The molecular weight excluding hydrogens is 299 g/mol. The Morgan fingerprint density at radius 2 is 2.05 bits per heavy atom. The molecule has 0 bridgehead atoms. The zero-order chi connectivity index (χ0) is 15.3. The second kappa shape index (κ2) is 6.48. The van der Waals surface area contributed by atoms with E-state index in [9.17, 15) is 18.0 Å². The Morgan fingerprint density at radius 1 is 1.40 bits per heavy atom. The van der Waals surface area contributed by atoms with Crippen LogP contribution in [-0.2, 0) is 21.8 Å². The number of esters is 1. The Labute approximate surface area is 117 Å². The van der Waals surface area contributed by atoms with Crippen LogP contribution in [0.5, 0.6) is 5.75 Å². The molecule has 1 rings (SSSR count). The molecule has 108 valence electrons. The van der Waals surface area contributed by atoms with Crippen molar-refractivity contribution in [3.05, 3.63) is 28.8 Å². The fourth-order valence-corrected chi connectivity index (χ4v) is 1.86. The van der Waals surface area contributed by atoms with Crippen LogP contribution in [0, 0.1) is 11.3 Å². The van der Waals surface area contributed by atoms with Crippen molar-refractivity contribution in [2.75, 3.05) is 7.11 Å². The first kappa shape index (κ1) is 16.1. The fourth-order valence-electron chi connectivity index (χ4n) is 1.56. The first-order valence-corrected chi connectivity index (χ1v) is 5.79. The quantitative estimate of drug-likeness (QED) is 0.634. The van der Waals surface area contributed by atoms with Crippen molar-refractivity contribution in [2.45, 2.75) is 18.7 Å². The third kappa shape index (κ3) is 4.03. The molecule has 0 unspecified atom stereocenters. The van der Waals surface area contributed by atoms with Gasteiger partial charge >= 0.3 is 12.3 Å². The molecule has 1 aromatic rings. The van der Waals surface area contributed by atoms with Gasteiger partial charge in [0.1, 0.15) is 5.75 Å². The summed E-state index contributed by atoms with van der Waals surface area (Å²) in [5, 5.41) is 8.90. The van der Waals surface area contributed by atoms with Crippen LogP contribution in [0.4, 0.5) is 13.2 Å². The maximum absolute atomic E-state index is 12.3. The van der Waals surface area contributed by atoms with E-state index in [1.54, 1.807) is 6.07 Å². The number of nitriles is 1. The van der Waals surface area contributed by atoms with Crippen molar-refractivity contribution < 1.29 is 27.4 Å². The van der Waals surface area contributed by atoms with Crippen LogP contribution in [-0.4, -0.2) is 19.4 Å². The van der Waals surface area contributed by atoms with Gasteiger partial charge in [-0.2, -0.15) is 5.26 Å². The van der Waals surface area contributed by atoms with Gasteiger partial charge in [0.2, 0.25) is 0 Å². The molecule has 0 aliphatic heterocycles. The lowest BCUT2D eigenvalue weighted by Crippen LogP contribution is -2.20. The molecule has 0 saturated heterocycles. The lowest BCUT2D eigenvalue weighted by atomic mass is 9.99. The van der Waals surface area contributed by atoms with Crippen molar-refractivity contribution in [1.82, 2.24) is 0 Å². The lowest BCUT2D eigenvalue weighted by Gasteiger charge is -2.16. The van der Waals surface area contributed by atoms with E-state index in [0.717, 1.165) is 19.2 Å². The lowest BCUT2D eigenvalue weighted by molar-refractivity contribution is -0.275. The summed E-state index contributed by atoms with van der Waals surface area (Å²) in [6.07, 6.45) is -5.39. The summed E-state index contributed by atoms with van der Waals surface area (Å²) in [7, 11) is 1.10. The topological polar surface area (TPSA) is 59.3 Å². The van der Waals surface area contributed by atoms with E-state index in [-0.39, 0.29) is 22.6 Å². The minimum absolute atomic E-state index is 0.0772. The van der Waals surface area contributed by atoms with Crippen molar-refractivity contribution in [3.63, 3.8) is 0 Å². The van der Waals surface area contributed by atoms with Gasteiger partial charge in [0.25, 0.3) is 0 Å². The van der Waals surface area contributed by atoms with Crippen LogP contribution in [0.1, 0.15) is 16.7 Å². The molecule has 1 aromatic carbocycles. The van der Waals surface area contributed by atoms with Crippen molar-refractivity contribution in [1.29, 1.82) is 5.26 Å². The monoisotopic (exact) mass is 307 g/mol. The number of carbonyl (C=O) groups excluding carboxylic acids is 1. The molecule has 0 heterocycles. The van der Waals surface area contributed by atoms with Crippen LogP contribution < -0.4 is 4.74 Å². The fraction of sp³-hybridized carbons (Fsp3) is 0.333. The minimum Gasteiger partial charge on any atom is -0.469 e. The highest BCUT2D eigenvalue weighted by Gasteiger charge is 2.33. The van der Waals surface area contributed by atoms with Crippen molar-refractivity contribution in [2.24, 2.45) is 0 Å². The molecule has 4 nitrogen and oxygen atoms in total. The highest BCUT2D eigenvalue weighted by Crippen LogP contribution is 2.32. The molecule has 0 N–H and O–H groups in total. The van der Waals surface area contributed by atoms with Gasteiger partial charge in [0, 0.05) is 11.4 Å². The molecule has 0 saturated carbocycles. The average molecular weight is 308 g/mol. The predicted octanol–water partition coefficient (Wildman–Crippen LogP) is 2.91.